The number of hydrogen-bond donors (Lipinski definition) is 2. The maximum atomic E-state index is 13.4. The van der Waals surface area contributed by atoms with Crippen LogP contribution in [-0.4, -0.2) is 24.2 Å². The van der Waals surface area contributed by atoms with Crippen molar-refractivity contribution < 1.29 is 14.3 Å². The van der Waals surface area contributed by atoms with Crippen LogP contribution in [0.15, 0.2) is 108 Å². The summed E-state index contributed by atoms with van der Waals surface area (Å²) in [6, 6.07) is 32.1. The molecule has 0 aliphatic carbocycles. The van der Waals surface area contributed by atoms with E-state index >= 15 is 0 Å². The van der Waals surface area contributed by atoms with Crippen molar-refractivity contribution in [2.24, 2.45) is 4.99 Å². The highest BCUT2D eigenvalue weighted by Crippen LogP contribution is 2.26. The molecule has 37 heavy (non-hydrogen) atoms. The maximum absolute atomic E-state index is 13.4. The number of alkyl carbamates (subject to hydrolysis) is 1. The summed E-state index contributed by atoms with van der Waals surface area (Å²) in [7, 11) is 1.31. The molecule has 0 saturated carbocycles. The second-order valence-corrected chi connectivity index (χ2v) is 9.23. The Balaban J connectivity index is 1.69. The first-order valence-electron chi connectivity index (χ1n) is 11.7. The van der Waals surface area contributed by atoms with Gasteiger partial charge in [-0.2, -0.15) is 0 Å². The van der Waals surface area contributed by atoms with Gasteiger partial charge in [0.05, 0.1) is 12.8 Å². The third kappa shape index (κ3) is 7.32. The SMILES string of the molecule is COC(=O)NC(=Nc1ccc(C(=O)c2ccccc2)c(Cc2cccc(N)c2)c1)SCc1ccccc1. The van der Waals surface area contributed by atoms with Crippen molar-refractivity contribution in [3.05, 3.63) is 131 Å². The number of hydrogen-bond acceptors (Lipinski definition) is 6. The molecule has 0 aromatic heterocycles. The third-order valence-corrected chi connectivity index (χ3v) is 6.50. The van der Waals surface area contributed by atoms with E-state index in [1.807, 2.05) is 78.9 Å². The van der Waals surface area contributed by atoms with Crippen LogP contribution in [-0.2, 0) is 16.9 Å². The molecule has 7 heteroatoms. The van der Waals surface area contributed by atoms with E-state index in [0.717, 1.165) is 16.7 Å². The summed E-state index contributed by atoms with van der Waals surface area (Å²) in [6.45, 7) is 0. The Morgan fingerprint density at radius 3 is 2.27 bits per heavy atom. The summed E-state index contributed by atoms with van der Waals surface area (Å²) < 4.78 is 4.78. The molecular weight excluding hydrogens is 482 g/mol. The van der Waals surface area contributed by atoms with Gasteiger partial charge in [-0.3, -0.25) is 10.1 Å². The number of rotatable bonds is 7. The van der Waals surface area contributed by atoms with Gasteiger partial charge in [-0.1, -0.05) is 84.6 Å². The van der Waals surface area contributed by atoms with Gasteiger partial charge < -0.3 is 10.5 Å². The van der Waals surface area contributed by atoms with Crippen molar-refractivity contribution in [3.8, 4) is 0 Å². The fourth-order valence-corrected chi connectivity index (χ4v) is 4.58. The van der Waals surface area contributed by atoms with Gasteiger partial charge in [0.15, 0.2) is 11.0 Å². The van der Waals surface area contributed by atoms with Crippen LogP contribution >= 0.6 is 11.8 Å². The number of nitrogens with zero attached hydrogens (tertiary/aromatic N) is 1. The van der Waals surface area contributed by atoms with E-state index in [4.69, 9.17) is 10.5 Å². The molecule has 186 valence electrons. The number of benzene rings is 4. The predicted molar refractivity (Wildman–Crippen MR) is 150 cm³/mol. The molecule has 0 aliphatic rings. The average Bonchev–Trinajstić information content (AvgIpc) is 2.92. The number of ether oxygens (including phenoxy) is 1. The Morgan fingerprint density at radius 2 is 1.57 bits per heavy atom. The quantitative estimate of drug-likeness (QED) is 0.131. The van der Waals surface area contributed by atoms with E-state index in [9.17, 15) is 9.59 Å². The summed E-state index contributed by atoms with van der Waals surface area (Å²) in [5.41, 5.74) is 11.3. The van der Waals surface area contributed by atoms with Crippen LogP contribution in [0.3, 0.4) is 0 Å². The predicted octanol–water partition coefficient (Wildman–Crippen LogP) is 6.37. The molecule has 0 spiro atoms. The molecular formula is C30H27N3O3S. The number of carbonyl (C=O) groups is 2. The van der Waals surface area contributed by atoms with Crippen LogP contribution in [0.5, 0.6) is 0 Å². The minimum atomic E-state index is -0.602. The van der Waals surface area contributed by atoms with Crippen LogP contribution < -0.4 is 11.1 Å². The lowest BCUT2D eigenvalue weighted by Gasteiger charge is -2.12. The number of nitrogen functional groups attached to an aromatic ring is 1. The lowest BCUT2D eigenvalue weighted by molar-refractivity contribution is 0.103. The molecule has 4 aromatic rings. The lowest BCUT2D eigenvalue weighted by Crippen LogP contribution is -2.28. The molecule has 3 N–H and O–H groups in total. The highest BCUT2D eigenvalue weighted by molar-refractivity contribution is 8.13. The smallest absolute Gasteiger partial charge is 0.412 e. The van der Waals surface area contributed by atoms with Gasteiger partial charge in [0, 0.05) is 22.6 Å². The van der Waals surface area contributed by atoms with Gasteiger partial charge in [0.25, 0.3) is 0 Å². The molecule has 0 atom stereocenters. The van der Waals surface area contributed by atoms with Gasteiger partial charge >= 0.3 is 6.09 Å². The Kier molecular flexibility index (Phi) is 8.73. The monoisotopic (exact) mass is 509 g/mol. The molecule has 6 nitrogen and oxygen atoms in total. The van der Waals surface area contributed by atoms with Crippen LogP contribution in [0.25, 0.3) is 0 Å². The number of nitrogens with two attached hydrogens (primary N) is 1. The van der Waals surface area contributed by atoms with Crippen LogP contribution in [0, 0.1) is 0 Å². The van der Waals surface area contributed by atoms with Gasteiger partial charge in [-0.15, -0.1) is 0 Å². The average molecular weight is 510 g/mol. The van der Waals surface area contributed by atoms with Crippen molar-refractivity contribution in [2.45, 2.75) is 12.2 Å². The number of amidine groups is 1. The van der Waals surface area contributed by atoms with Crippen molar-refractivity contribution in [3.63, 3.8) is 0 Å². The number of amides is 1. The minimum Gasteiger partial charge on any atom is -0.453 e. The van der Waals surface area contributed by atoms with E-state index in [0.29, 0.717) is 39.8 Å². The number of aliphatic imine (C=N–C) groups is 1. The number of thioether (sulfide) groups is 1. The van der Waals surface area contributed by atoms with Crippen LogP contribution in [0.1, 0.15) is 32.6 Å². The highest BCUT2D eigenvalue weighted by atomic mass is 32.2. The van der Waals surface area contributed by atoms with Crippen LogP contribution in [0.4, 0.5) is 16.2 Å². The zero-order valence-electron chi connectivity index (χ0n) is 20.4. The first-order chi connectivity index (χ1) is 18.0. The summed E-state index contributed by atoms with van der Waals surface area (Å²) in [4.78, 5) is 30.0. The number of anilines is 1. The van der Waals surface area contributed by atoms with Crippen molar-refractivity contribution in [1.82, 2.24) is 5.32 Å². The summed E-state index contributed by atoms with van der Waals surface area (Å²) in [5.74, 6) is 0.547. The number of methoxy groups -OCH3 is 1. The second-order valence-electron chi connectivity index (χ2n) is 8.27. The Hall–Kier alpha value is -4.36. The Bertz CT molecular complexity index is 1410. The van der Waals surface area contributed by atoms with Gasteiger partial charge in [-0.05, 0) is 53.4 Å². The minimum absolute atomic E-state index is 0.0682. The molecule has 0 fully saturated rings. The van der Waals surface area contributed by atoms with E-state index in [2.05, 4.69) is 10.3 Å². The molecule has 0 unspecified atom stereocenters. The summed E-state index contributed by atoms with van der Waals surface area (Å²) in [5, 5.41) is 3.09. The van der Waals surface area contributed by atoms with E-state index in [1.165, 1.54) is 18.9 Å². The Labute approximate surface area is 220 Å². The van der Waals surface area contributed by atoms with Gasteiger partial charge in [0.1, 0.15) is 0 Å². The molecule has 1 amide bonds. The first kappa shape index (κ1) is 25.7. The summed E-state index contributed by atoms with van der Waals surface area (Å²) in [6.07, 6.45) is -0.102. The molecule has 0 heterocycles. The molecule has 0 radical (unpaired) electrons. The number of carbonyl (C=O) groups excluding carboxylic acids is 2. The standard InChI is InChI=1S/C30H27N3O3S/c1-36-30(35)33-29(37-20-21-9-4-2-5-10-21)32-26-15-16-27(28(34)23-12-6-3-7-13-23)24(19-26)17-22-11-8-14-25(31)18-22/h2-16,18-19H,17,20,31H2,1H3,(H,32,33,35). The molecule has 0 aliphatic heterocycles. The first-order valence-corrected chi connectivity index (χ1v) is 12.7. The van der Waals surface area contributed by atoms with E-state index in [-0.39, 0.29) is 5.78 Å². The molecule has 0 bridgehead atoms. The van der Waals surface area contributed by atoms with Crippen LogP contribution in [0.2, 0.25) is 0 Å². The number of nitrogens with one attached hydrogen (secondary N) is 1. The molecule has 4 rings (SSSR count). The topological polar surface area (TPSA) is 93.8 Å². The van der Waals surface area contributed by atoms with E-state index < -0.39 is 6.09 Å². The summed E-state index contributed by atoms with van der Waals surface area (Å²) >= 11 is 1.39. The lowest BCUT2D eigenvalue weighted by atomic mass is 9.93. The zero-order valence-corrected chi connectivity index (χ0v) is 21.2. The maximum Gasteiger partial charge on any atom is 0.412 e. The molecule has 4 aromatic carbocycles. The Morgan fingerprint density at radius 1 is 0.865 bits per heavy atom. The van der Waals surface area contributed by atoms with Crippen molar-refractivity contribution in [2.75, 3.05) is 12.8 Å². The fraction of sp³-hybridized carbons (Fsp3) is 0.100. The highest BCUT2D eigenvalue weighted by Gasteiger charge is 2.16. The largest absolute Gasteiger partial charge is 0.453 e. The van der Waals surface area contributed by atoms with Gasteiger partial charge in [0.2, 0.25) is 0 Å². The second kappa shape index (κ2) is 12.6. The zero-order chi connectivity index (χ0) is 26.0. The normalized spacial score (nSPS) is 11.1. The van der Waals surface area contributed by atoms with Gasteiger partial charge in [-0.25, -0.2) is 9.79 Å². The van der Waals surface area contributed by atoms with Crippen molar-refractivity contribution >= 4 is 40.2 Å². The number of ketones is 1. The third-order valence-electron chi connectivity index (χ3n) is 5.56. The van der Waals surface area contributed by atoms with Crippen molar-refractivity contribution in [1.29, 1.82) is 0 Å². The molecule has 0 saturated heterocycles. The van der Waals surface area contributed by atoms with E-state index in [1.54, 1.807) is 24.3 Å². The fourth-order valence-electron chi connectivity index (χ4n) is 3.76.